The van der Waals surface area contributed by atoms with Gasteiger partial charge in [0.2, 0.25) is 15.9 Å². The summed E-state index contributed by atoms with van der Waals surface area (Å²) in [5, 5.41) is 0. The lowest BCUT2D eigenvalue weighted by Crippen LogP contribution is -2.44. The molecule has 1 amide bonds. The Bertz CT molecular complexity index is 1110. The molecule has 0 N–H and O–H groups in total. The first-order valence-electron chi connectivity index (χ1n) is 12.1. The maximum atomic E-state index is 13.3. The Morgan fingerprint density at radius 1 is 1.06 bits per heavy atom. The van der Waals surface area contributed by atoms with Crippen LogP contribution in [0.4, 0.5) is 0 Å². The Balaban J connectivity index is 1.39. The molecular weight excluding hydrogens is 452 g/mol. The molecule has 7 nitrogen and oxygen atoms in total. The van der Waals surface area contributed by atoms with Gasteiger partial charge in [0.1, 0.15) is 13.2 Å². The average Bonchev–Trinajstić information content (AvgIpc) is 2.87. The van der Waals surface area contributed by atoms with Crippen LogP contribution in [-0.2, 0) is 21.4 Å². The monoisotopic (exact) mass is 486 g/mol. The highest BCUT2D eigenvalue weighted by atomic mass is 32.2. The fourth-order valence-electron chi connectivity index (χ4n) is 4.58. The SMILES string of the molecule is CCN(Cc1cccc2c1OCCO2)C(=O)C1CCN(S(=O)(=O)c2ccc(C(C)C)cc2)CC1. The number of rotatable bonds is 7. The van der Waals surface area contributed by atoms with Crippen molar-refractivity contribution in [2.24, 2.45) is 5.92 Å². The summed E-state index contributed by atoms with van der Waals surface area (Å²) in [6.45, 7) is 8.86. The summed E-state index contributed by atoms with van der Waals surface area (Å²) in [6.07, 6.45) is 1.04. The topological polar surface area (TPSA) is 76.2 Å². The third-order valence-electron chi connectivity index (χ3n) is 6.69. The minimum absolute atomic E-state index is 0.0650. The van der Waals surface area contributed by atoms with Crippen LogP contribution in [0.2, 0.25) is 0 Å². The molecule has 0 spiro atoms. The molecule has 4 rings (SSSR count). The summed E-state index contributed by atoms with van der Waals surface area (Å²) in [4.78, 5) is 15.5. The van der Waals surface area contributed by atoms with Gasteiger partial charge in [-0.25, -0.2) is 8.42 Å². The van der Waals surface area contributed by atoms with Gasteiger partial charge in [-0.1, -0.05) is 38.1 Å². The lowest BCUT2D eigenvalue weighted by atomic mass is 9.96. The van der Waals surface area contributed by atoms with E-state index < -0.39 is 10.0 Å². The van der Waals surface area contributed by atoms with E-state index in [-0.39, 0.29) is 11.8 Å². The molecule has 8 heteroatoms. The van der Waals surface area contributed by atoms with Crippen molar-refractivity contribution in [1.82, 2.24) is 9.21 Å². The largest absolute Gasteiger partial charge is 0.486 e. The van der Waals surface area contributed by atoms with E-state index in [1.165, 1.54) is 4.31 Å². The summed E-state index contributed by atoms with van der Waals surface area (Å²) in [6, 6.07) is 12.9. The van der Waals surface area contributed by atoms with Crippen molar-refractivity contribution in [2.75, 3.05) is 32.8 Å². The van der Waals surface area contributed by atoms with Crippen LogP contribution >= 0.6 is 0 Å². The first-order chi connectivity index (χ1) is 16.3. The highest BCUT2D eigenvalue weighted by molar-refractivity contribution is 7.89. The predicted octanol–water partition coefficient (Wildman–Crippen LogP) is 4.03. The van der Waals surface area contributed by atoms with Gasteiger partial charge in [-0.3, -0.25) is 4.79 Å². The van der Waals surface area contributed by atoms with Gasteiger partial charge >= 0.3 is 0 Å². The molecule has 0 aliphatic carbocycles. The number of carbonyl (C=O) groups excluding carboxylic acids is 1. The van der Waals surface area contributed by atoms with Crippen LogP contribution in [-0.4, -0.2) is 56.4 Å². The fraction of sp³-hybridized carbons (Fsp3) is 0.500. The van der Waals surface area contributed by atoms with Crippen molar-refractivity contribution in [3.05, 3.63) is 53.6 Å². The second-order valence-corrected chi connectivity index (χ2v) is 11.1. The number of fused-ring (bicyclic) bond motifs is 1. The van der Waals surface area contributed by atoms with Gasteiger partial charge in [0.05, 0.1) is 4.90 Å². The van der Waals surface area contributed by atoms with Crippen molar-refractivity contribution < 1.29 is 22.7 Å². The fourth-order valence-corrected chi connectivity index (χ4v) is 6.05. The number of piperidine rings is 1. The summed E-state index contributed by atoms with van der Waals surface area (Å²) in [5.41, 5.74) is 2.04. The van der Waals surface area contributed by atoms with Crippen molar-refractivity contribution in [3.8, 4) is 11.5 Å². The smallest absolute Gasteiger partial charge is 0.243 e. The Labute approximate surface area is 202 Å². The molecule has 2 heterocycles. The van der Waals surface area contributed by atoms with E-state index in [0.717, 1.165) is 11.1 Å². The van der Waals surface area contributed by atoms with Crippen LogP contribution in [0.1, 0.15) is 50.7 Å². The van der Waals surface area contributed by atoms with Crippen LogP contribution in [0.25, 0.3) is 0 Å². The number of hydrogen-bond acceptors (Lipinski definition) is 5. The van der Waals surface area contributed by atoms with Crippen molar-refractivity contribution in [3.63, 3.8) is 0 Å². The number of para-hydroxylation sites is 1. The number of hydrogen-bond donors (Lipinski definition) is 0. The molecule has 0 aromatic heterocycles. The van der Waals surface area contributed by atoms with Gasteiger partial charge in [-0.15, -0.1) is 0 Å². The van der Waals surface area contributed by atoms with E-state index in [1.807, 2.05) is 42.2 Å². The lowest BCUT2D eigenvalue weighted by Gasteiger charge is -2.34. The van der Waals surface area contributed by atoms with Crippen LogP contribution < -0.4 is 9.47 Å². The van der Waals surface area contributed by atoms with Gasteiger partial charge in [-0.05, 0) is 49.4 Å². The number of carbonyl (C=O) groups is 1. The number of benzene rings is 2. The van der Waals surface area contributed by atoms with E-state index in [2.05, 4.69) is 13.8 Å². The van der Waals surface area contributed by atoms with E-state index in [0.29, 0.717) is 74.5 Å². The molecule has 2 aliphatic rings. The zero-order valence-corrected chi connectivity index (χ0v) is 21.0. The summed E-state index contributed by atoms with van der Waals surface area (Å²) >= 11 is 0. The van der Waals surface area contributed by atoms with E-state index in [1.54, 1.807) is 12.1 Å². The van der Waals surface area contributed by atoms with Gasteiger partial charge in [0.15, 0.2) is 11.5 Å². The van der Waals surface area contributed by atoms with Gasteiger partial charge in [-0.2, -0.15) is 4.31 Å². The molecule has 0 atom stereocenters. The molecule has 2 aromatic rings. The summed E-state index contributed by atoms with van der Waals surface area (Å²) < 4.78 is 39.2. The molecule has 0 radical (unpaired) electrons. The van der Waals surface area contributed by atoms with Crippen LogP contribution in [0.15, 0.2) is 47.4 Å². The van der Waals surface area contributed by atoms with Crippen molar-refractivity contribution >= 4 is 15.9 Å². The summed E-state index contributed by atoms with van der Waals surface area (Å²) in [7, 11) is -3.56. The molecule has 0 unspecified atom stereocenters. The molecule has 184 valence electrons. The second kappa shape index (κ2) is 10.4. The highest BCUT2D eigenvalue weighted by Crippen LogP contribution is 2.35. The van der Waals surface area contributed by atoms with Crippen LogP contribution in [0.3, 0.4) is 0 Å². The molecule has 2 aliphatic heterocycles. The first kappa shape index (κ1) is 24.5. The highest BCUT2D eigenvalue weighted by Gasteiger charge is 2.34. The Kier molecular flexibility index (Phi) is 7.48. The number of ether oxygens (including phenoxy) is 2. The standard InChI is InChI=1S/C26H34N2O5S/c1-4-27(18-22-6-5-7-24-25(22)33-17-16-32-24)26(29)21-12-14-28(15-13-21)34(30,31)23-10-8-20(9-11-23)19(2)3/h5-11,19,21H,4,12-18H2,1-3H3. The third-order valence-corrected chi connectivity index (χ3v) is 8.60. The van der Waals surface area contributed by atoms with Crippen molar-refractivity contribution in [2.45, 2.75) is 51.0 Å². The maximum absolute atomic E-state index is 13.3. The average molecular weight is 487 g/mol. The number of sulfonamides is 1. The molecule has 0 saturated carbocycles. The van der Waals surface area contributed by atoms with E-state index in [9.17, 15) is 13.2 Å². The van der Waals surface area contributed by atoms with Crippen LogP contribution in [0.5, 0.6) is 11.5 Å². The first-order valence-corrected chi connectivity index (χ1v) is 13.5. The Morgan fingerprint density at radius 2 is 1.74 bits per heavy atom. The minimum Gasteiger partial charge on any atom is -0.486 e. The Morgan fingerprint density at radius 3 is 2.38 bits per heavy atom. The molecule has 1 fully saturated rings. The maximum Gasteiger partial charge on any atom is 0.243 e. The summed E-state index contributed by atoms with van der Waals surface area (Å²) in [5.74, 6) is 1.65. The number of amides is 1. The minimum atomic E-state index is -3.56. The molecule has 1 saturated heterocycles. The van der Waals surface area contributed by atoms with Gasteiger partial charge in [0, 0.05) is 37.7 Å². The molecular formula is C26H34N2O5S. The number of nitrogens with zero attached hydrogens (tertiary/aromatic N) is 2. The Hall–Kier alpha value is -2.58. The quantitative estimate of drug-likeness (QED) is 0.591. The predicted molar refractivity (Wildman–Crippen MR) is 131 cm³/mol. The van der Waals surface area contributed by atoms with Gasteiger partial charge < -0.3 is 14.4 Å². The second-order valence-electron chi connectivity index (χ2n) is 9.20. The van der Waals surface area contributed by atoms with E-state index >= 15 is 0 Å². The van der Waals surface area contributed by atoms with Crippen LogP contribution in [0, 0.1) is 5.92 Å². The molecule has 2 aromatic carbocycles. The zero-order chi connectivity index (χ0) is 24.3. The van der Waals surface area contributed by atoms with Crippen molar-refractivity contribution in [1.29, 1.82) is 0 Å². The molecule has 34 heavy (non-hydrogen) atoms. The zero-order valence-electron chi connectivity index (χ0n) is 20.2. The third kappa shape index (κ3) is 5.08. The van der Waals surface area contributed by atoms with Gasteiger partial charge in [0.25, 0.3) is 0 Å². The van der Waals surface area contributed by atoms with E-state index in [4.69, 9.17) is 9.47 Å². The normalized spacial score (nSPS) is 17.1. The molecule has 0 bridgehead atoms. The lowest BCUT2D eigenvalue weighted by molar-refractivity contribution is -0.137.